The van der Waals surface area contributed by atoms with Gasteiger partial charge >= 0.3 is 0 Å². The molecule has 6 heteroatoms. The topological polar surface area (TPSA) is 73.2 Å². The fraction of sp³-hybridized carbons (Fsp3) is 0.0800. The molecule has 0 saturated carbocycles. The minimum Gasteiger partial charge on any atom is -0.321 e. The first-order chi connectivity index (χ1) is 15.2. The van der Waals surface area contributed by atoms with Crippen molar-refractivity contribution in [3.8, 4) is 6.07 Å². The Balaban J connectivity index is 1.71. The lowest BCUT2D eigenvalue weighted by atomic mass is 10.1. The average Bonchev–Trinajstić information content (AvgIpc) is 3.11. The molecule has 3 aromatic rings. The van der Waals surface area contributed by atoms with Crippen LogP contribution in [0.15, 0.2) is 102 Å². The lowest BCUT2D eigenvalue weighted by Gasteiger charge is -2.18. The summed E-state index contributed by atoms with van der Waals surface area (Å²) in [5.41, 5.74) is 2.16. The van der Waals surface area contributed by atoms with Gasteiger partial charge in [-0.25, -0.2) is 0 Å². The van der Waals surface area contributed by atoms with E-state index in [1.54, 1.807) is 36.4 Å². The number of thioether (sulfide) groups is 1. The van der Waals surface area contributed by atoms with Crippen molar-refractivity contribution < 1.29 is 9.59 Å². The highest BCUT2D eigenvalue weighted by molar-refractivity contribution is 8.05. The largest absolute Gasteiger partial charge is 0.321 e. The predicted molar refractivity (Wildman–Crippen MR) is 123 cm³/mol. The molecule has 2 amide bonds. The fourth-order valence-corrected chi connectivity index (χ4v) is 4.65. The zero-order chi connectivity index (χ0) is 21.6. The second-order valence-corrected chi connectivity index (χ2v) is 8.11. The lowest BCUT2D eigenvalue weighted by molar-refractivity contribution is -0.117. The van der Waals surface area contributed by atoms with Crippen LogP contribution in [0.3, 0.4) is 0 Å². The molecule has 0 bridgehead atoms. The minimum absolute atomic E-state index is 0.0818. The van der Waals surface area contributed by atoms with Crippen LogP contribution in [0, 0.1) is 11.3 Å². The second kappa shape index (κ2) is 9.33. The van der Waals surface area contributed by atoms with Crippen LogP contribution in [-0.2, 0) is 16.0 Å². The van der Waals surface area contributed by atoms with Crippen LogP contribution in [0.5, 0.6) is 0 Å². The van der Waals surface area contributed by atoms with Gasteiger partial charge < -0.3 is 5.32 Å². The summed E-state index contributed by atoms with van der Waals surface area (Å²) in [6.07, 6.45) is 0.510. The molecule has 1 heterocycles. The molecular formula is C25H19N3O2S. The summed E-state index contributed by atoms with van der Waals surface area (Å²) in [7, 11) is 0. The smallest absolute Gasteiger partial charge is 0.269 e. The molecule has 1 N–H and O–H groups in total. The first kappa shape index (κ1) is 20.5. The number of nitrogens with zero attached hydrogens (tertiary/aromatic N) is 2. The molecule has 3 aromatic carbocycles. The van der Waals surface area contributed by atoms with Gasteiger partial charge in [0.1, 0.15) is 16.7 Å². The number of amides is 2. The van der Waals surface area contributed by atoms with E-state index in [-0.39, 0.29) is 11.5 Å². The Kier molecular flexibility index (Phi) is 6.16. The lowest BCUT2D eigenvalue weighted by Crippen LogP contribution is -2.30. The van der Waals surface area contributed by atoms with Gasteiger partial charge in [-0.3, -0.25) is 14.5 Å². The SMILES string of the molecule is N#C/C(C(=O)Nc1ccccc1)=C1/S[C@H](Cc2ccccc2)C(=O)N1c1ccccc1. The van der Waals surface area contributed by atoms with E-state index < -0.39 is 11.2 Å². The number of hydrogen-bond acceptors (Lipinski definition) is 4. The molecule has 152 valence electrons. The standard InChI is InChI=1S/C25H19N3O2S/c26-17-21(23(29)27-19-12-6-2-7-13-19)25-28(20-14-8-3-9-15-20)24(30)22(31-25)16-18-10-4-1-5-11-18/h1-15,22H,16H2,(H,27,29)/b25-21-/t22-/m1/s1. The first-order valence-electron chi connectivity index (χ1n) is 9.78. The maximum absolute atomic E-state index is 13.4. The molecule has 31 heavy (non-hydrogen) atoms. The Morgan fingerprint density at radius 2 is 1.52 bits per heavy atom. The highest BCUT2D eigenvalue weighted by Crippen LogP contribution is 2.41. The van der Waals surface area contributed by atoms with E-state index in [1.807, 2.05) is 60.7 Å². The molecule has 1 aliphatic rings. The first-order valence-corrected chi connectivity index (χ1v) is 10.7. The van der Waals surface area contributed by atoms with Gasteiger partial charge in [-0.2, -0.15) is 5.26 Å². The Morgan fingerprint density at radius 1 is 0.935 bits per heavy atom. The van der Waals surface area contributed by atoms with Crippen molar-refractivity contribution in [2.24, 2.45) is 0 Å². The molecule has 1 saturated heterocycles. The predicted octanol–water partition coefficient (Wildman–Crippen LogP) is 4.75. The van der Waals surface area contributed by atoms with Gasteiger partial charge in [-0.05, 0) is 36.2 Å². The van der Waals surface area contributed by atoms with E-state index in [2.05, 4.69) is 5.32 Å². The number of nitriles is 1. The van der Waals surface area contributed by atoms with Crippen LogP contribution >= 0.6 is 11.8 Å². The van der Waals surface area contributed by atoms with Crippen LogP contribution in [-0.4, -0.2) is 17.1 Å². The van der Waals surface area contributed by atoms with Crippen molar-refractivity contribution in [1.29, 1.82) is 5.26 Å². The average molecular weight is 426 g/mol. The fourth-order valence-electron chi connectivity index (χ4n) is 3.34. The Morgan fingerprint density at radius 3 is 2.13 bits per heavy atom. The van der Waals surface area contributed by atoms with Gasteiger partial charge in [0.2, 0.25) is 5.91 Å². The Bertz CT molecular complexity index is 1160. The number of anilines is 2. The summed E-state index contributed by atoms with van der Waals surface area (Å²) >= 11 is 1.26. The maximum Gasteiger partial charge on any atom is 0.269 e. The highest BCUT2D eigenvalue weighted by atomic mass is 32.2. The summed E-state index contributed by atoms with van der Waals surface area (Å²) in [6.45, 7) is 0. The summed E-state index contributed by atoms with van der Waals surface area (Å²) in [5.74, 6) is -0.680. The van der Waals surface area contributed by atoms with Crippen LogP contribution in [0.2, 0.25) is 0 Å². The quantitative estimate of drug-likeness (QED) is 0.473. The van der Waals surface area contributed by atoms with Gasteiger partial charge in [0, 0.05) is 11.4 Å². The zero-order valence-electron chi connectivity index (χ0n) is 16.6. The van der Waals surface area contributed by atoms with Crippen molar-refractivity contribution >= 4 is 35.0 Å². The number of carbonyl (C=O) groups excluding carboxylic acids is 2. The normalized spacial score (nSPS) is 17.2. The molecule has 0 radical (unpaired) electrons. The van der Waals surface area contributed by atoms with Crippen molar-refractivity contribution in [1.82, 2.24) is 0 Å². The Labute approximate surface area is 185 Å². The van der Waals surface area contributed by atoms with Crippen LogP contribution < -0.4 is 10.2 Å². The second-order valence-electron chi connectivity index (χ2n) is 6.92. The number of carbonyl (C=O) groups is 2. The van der Waals surface area contributed by atoms with E-state index in [0.29, 0.717) is 22.8 Å². The number of hydrogen-bond donors (Lipinski definition) is 1. The number of benzene rings is 3. The van der Waals surface area contributed by atoms with E-state index in [1.165, 1.54) is 16.7 Å². The van der Waals surface area contributed by atoms with Crippen molar-refractivity contribution in [2.75, 3.05) is 10.2 Å². The molecule has 4 rings (SSSR count). The molecule has 0 spiro atoms. The monoisotopic (exact) mass is 425 g/mol. The van der Waals surface area contributed by atoms with Crippen LogP contribution in [0.4, 0.5) is 11.4 Å². The molecule has 0 aliphatic carbocycles. The number of nitrogens with one attached hydrogen (secondary N) is 1. The Hall–Kier alpha value is -3.82. The summed E-state index contributed by atoms with van der Waals surface area (Å²) < 4.78 is 0. The van der Waals surface area contributed by atoms with Gasteiger partial charge in [-0.15, -0.1) is 0 Å². The van der Waals surface area contributed by atoms with Crippen LogP contribution in [0.1, 0.15) is 5.56 Å². The van der Waals surface area contributed by atoms with E-state index >= 15 is 0 Å². The molecule has 1 fully saturated rings. The number of para-hydroxylation sites is 2. The summed E-state index contributed by atoms with van der Waals surface area (Å²) in [5, 5.41) is 12.5. The molecule has 1 aliphatic heterocycles. The van der Waals surface area contributed by atoms with Crippen LogP contribution in [0.25, 0.3) is 0 Å². The third-order valence-electron chi connectivity index (χ3n) is 4.82. The third-order valence-corrected chi connectivity index (χ3v) is 6.08. The maximum atomic E-state index is 13.4. The molecular weight excluding hydrogens is 406 g/mol. The van der Waals surface area contributed by atoms with E-state index in [0.717, 1.165) is 5.56 Å². The summed E-state index contributed by atoms with van der Waals surface area (Å²) in [4.78, 5) is 27.8. The third kappa shape index (κ3) is 4.52. The zero-order valence-corrected chi connectivity index (χ0v) is 17.4. The summed E-state index contributed by atoms with van der Waals surface area (Å²) in [6, 6.07) is 29.8. The van der Waals surface area contributed by atoms with Crippen molar-refractivity contribution in [2.45, 2.75) is 11.7 Å². The van der Waals surface area contributed by atoms with Crippen molar-refractivity contribution in [3.05, 3.63) is 107 Å². The van der Waals surface area contributed by atoms with Crippen molar-refractivity contribution in [3.63, 3.8) is 0 Å². The van der Waals surface area contributed by atoms with E-state index in [9.17, 15) is 14.9 Å². The molecule has 0 unspecified atom stereocenters. The molecule has 5 nitrogen and oxygen atoms in total. The van der Waals surface area contributed by atoms with Gasteiger partial charge in [-0.1, -0.05) is 78.5 Å². The minimum atomic E-state index is -0.537. The molecule has 1 atom stereocenters. The number of rotatable bonds is 5. The van der Waals surface area contributed by atoms with Gasteiger partial charge in [0.05, 0.1) is 5.25 Å². The highest BCUT2D eigenvalue weighted by Gasteiger charge is 2.40. The molecule has 0 aromatic heterocycles. The van der Waals surface area contributed by atoms with Gasteiger partial charge in [0.25, 0.3) is 5.91 Å². The van der Waals surface area contributed by atoms with E-state index in [4.69, 9.17) is 0 Å². The van der Waals surface area contributed by atoms with Gasteiger partial charge in [0.15, 0.2) is 0 Å².